The summed E-state index contributed by atoms with van der Waals surface area (Å²) in [6, 6.07) is -0.214. The Balaban J connectivity index is 2.14. The molecule has 1 aromatic heterocycles. The van der Waals surface area contributed by atoms with Crippen LogP contribution in [0.15, 0.2) is 5.10 Å². The highest BCUT2D eigenvalue weighted by molar-refractivity contribution is 7.91. The third-order valence-corrected chi connectivity index (χ3v) is 5.69. The van der Waals surface area contributed by atoms with Crippen molar-refractivity contribution in [3.05, 3.63) is 16.4 Å². The topological polar surface area (TPSA) is 88.4 Å². The lowest BCUT2D eigenvalue weighted by Crippen LogP contribution is -2.31. The first-order valence-corrected chi connectivity index (χ1v) is 9.46. The van der Waals surface area contributed by atoms with Crippen LogP contribution in [0.1, 0.15) is 30.6 Å². The minimum Gasteiger partial charge on any atom is -0.362 e. The maximum Gasteiger partial charge on any atom is 0.186 e. The van der Waals surface area contributed by atoms with Gasteiger partial charge in [-0.1, -0.05) is 11.6 Å². The van der Waals surface area contributed by atoms with Crippen LogP contribution in [0, 0.1) is 6.92 Å². The summed E-state index contributed by atoms with van der Waals surface area (Å²) in [7, 11) is -2.99. The molecule has 0 spiro atoms. The van der Waals surface area contributed by atoms with E-state index in [0.29, 0.717) is 34.5 Å². The van der Waals surface area contributed by atoms with Crippen molar-refractivity contribution >= 4 is 45.0 Å². The van der Waals surface area contributed by atoms with Crippen LogP contribution >= 0.6 is 23.8 Å². The second-order valence-corrected chi connectivity index (χ2v) is 8.02. The molecule has 1 aromatic rings. The molecule has 7 nitrogen and oxygen atoms in total. The van der Waals surface area contributed by atoms with Crippen LogP contribution in [-0.4, -0.2) is 47.6 Å². The van der Waals surface area contributed by atoms with Crippen LogP contribution in [-0.2, 0) is 9.84 Å². The summed E-state index contributed by atoms with van der Waals surface area (Å²) in [4.78, 5) is 0. The monoisotopic (exact) mass is 363 g/mol. The molecule has 1 fully saturated rings. The number of aryl methyl sites for hydroxylation is 1. The van der Waals surface area contributed by atoms with Crippen LogP contribution in [0.2, 0.25) is 5.15 Å². The molecule has 1 aliphatic rings. The van der Waals surface area contributed by atoms with Gasteiger partial charge in [0.15, 0.2) is 14.9 Å². The zero-order valence-corrected chi connectivity index (χ0v) is 14.7. The van der Waals surface area contributed by atoms with E-state index in [4.69, 9.17) is 23.8 Å². The number of hydrazone groups is 1. The molecular weight excluding hydrogens is 346 g/mol. The number of hydrogen-bond donors (Lipinski definition) is 2. The van der Waals surface area contributed by atoms with Crippen LogP contribution < -0.4 is 10.7 Å². The van der Waals surface area contributed by atoms with Crippen LogP contribution in [0.5, 0.6) is 0 Å². The molecule has 0 bridgehead atoms. The first-order chi connectivity index (χ1) is 10.3. The Bertz CT molecular complexity index is 699. The van der Waals surface area contributed by atoms with Crippen molar-refractivity contribution in [1.82, 2.24) is 20.5 Å². The molecule has 1 saturated heterocycles. The van der Waals surface area contributed by atoms with Crippen LogP contribution in [0.3, 0.4) is 0 Å². The Morgan fingerprint density at radius 3 is 2.95 bits per heavy atom. The van der Waals surface area contributed by atoms with E-state index in [-0.39, 0.29) is 17.5 Å². The Morgan fingerprint density at radius 2 is 2.36 bits per heavy atom. The van der Waals surface area contributed by atoms with E-state index >= 15 is 0 Å². The number of hydrogen-bond acceptors (Lipinski definition) is 5. The zero-order valence-electron chi connectivity index (χ0n) is 12.3. The quantitative estimate of drug-likeness (QED) is 0.472. The van der Waals surface area contributed by atoms with Crippen molar-refractivity contribution < 1.29 is 8.42 Å². The summed E-state index contributed by atoms with van der Waals surface area (Å²) < 4.78 is 24.7. The standard InChI is InChI=1S/C12H18ClN5O2S2/c1-3-14-12(21)16-15-6-10-8(2)17-18(11(10)13)9-4-5-22(19,20)7-9/h6,9H,3-5,7H2,1-2H3,(H2,14,16,21)/b15-6-/t9-/m1/s1. The number of rotatable bonds is 4. The first-order valence-electron chi connectivity index (χ1n) is 6.86. The van der Waals surface area contributed by atoms with Crippen molar-refractivity contribution in [1.29, 1.82) is 0 Å². The van der Waals surface area contributed by atoms with Gasteiger partial charge in [-0.15, -0.1) is 0 Å². The van der Waals surface area contributed by atoms with Gasteiger partial charge in [-0.05, 0) is 32.5 Å². The number of sulfone groups is 1. The minimum atomic E-state index is -2.99. The van der Waals surface area contributed by atoms with Gasteiger partial charge in [0.05, 0.1) is 35.0 Å². The van der Waals surface area contributed by atoms with E-state index in [1.807, 2.05) is 6.92 Å². The molecule has 1 atom stereocenters. The van der Waals surface area contributed by atoms with Crippen LogP contribution in [0.4, 0.5) is 0 Å². The lowest BCUT2D eigenvalue weighted by atomic mass is 10.2. The molecule has 0 aliphatic carbocycles. The fourth-order valence-corrected chi connectivity index (χ4v) is 4.49. The maximum atomic E-state index is 11.6. The highest BCUT2D eigenvalue weighted by Crippen LogP contribution is 2.29. The van der Waals surface area contributed by atoms with Crippen molar-refractivity contribution in [2.75, 3.05) is 18.1 Å². The summed E-state index contributed by atoms with van der Waals surface area (Å²) >= 11 is 11.3. The van der Waals surface area contributed by atoms with Gasteiger partial charge in [-0.2, -0.15) is 10.2 Å². The Morgan fingerprint density at radius 1 is 1.64 bits per heavy atom. The highest BCUT2D eigenvalue weighted by Gasteiger charge is 2.31. The largest absolute Gasteiger partial charge is 0.362 e. The highest BCUT2D eigenvalue weighted by atomic mass is 35.5. The summed E-state index contributed by atoms with van der Waals surface area (Å²) in [5.41, 5.74) is 4.02. The Hall–Kier alpha value is -1.19. The minimum absolute atomic E-state index is 0.0766. The number of aromatic nitrogens is 2. The molecular formula is C12H18ClN5O2S2. The molecule has 10 heteroatoms. The molecule has 0 saturated carbocycles. The second-order valence-electron chi connectivity index (χ2n) is 5.02. The van der Waals surface area contributed by atoms with Gasteiger partial charge in [-0.3, -0.25) is 5.43 Å². The van der Waals surface area contributed by atoms with Gasteiger partial charge >= 0.3 is 0 Å². The molecule has 2 rings (SSSR count). The Kier molecular flexibility index (Phi) is 5.41. The molecule has 0 unspecified atom stereocenters. The van der Waals surface area contributed by atoms with Crippen molar-refractivity contribution in [2.24, 2.45) is 5.10 Å². The average Bonchev–Trinajstić information content (AvgIpc) is 2.92. The summed E-state index contributed by atoms with van der Waals surface area (Å²) in [6.07, 6.45) is 2.07. The Labute approximate surface area is 140 Å². The van der Waals surface area contributed by atoms with Crippen molar-refractivity contribution in [3.63, 3.8) is 0 Å². The van der Waals surface area contributed by atoms with Crippen LogP contribution in [0.25, 0.3) is 0 Å². The second kappa shape index (κ2) is 6.93. The fourth-order valence-electron chi connectivity index (χ4n) is 2.24. The number of thiocarbonyl (C=S) groups is 1. The van der Waals surface area contributed by atoms with Gasteiger partial charge in [0.1, 0.15) is 5.15 Å². The van der Waals surface area contributed by atoms with Gasteiger partial charge in [0, 0.05) is 6.54 Å². The molecule has 22 heavy (non-hydrogen) atoms. The summed E-state index contributed by atoms with van der Waals surface area (Å²) in [6.45, 7) is 4.43. The molecule has 0 radical (unpaired) electrons. The lowest BCUT2D eigenvalue weighted by Gasteiger charge is -2.09. The van der Waals surface area contributed by atoms with Gasteiger partial charge in [0.2, 0.25) is 0 Å². The van der Waals surface area contributed by atoms with E-state index < -0.39 is 9.84 Å². The molecule has 122 valence electrons. The predicted octanol–water partition coefficient (Wildman–Crippen LogP) is 1.02. The normalized spacial score (nSPS) is 20.4. The third kappa shape index (κ3) is 3.96. The van der Waals surface area contributed by atoms with E-state index in [0.717, 1.165) is 0 Å². The van der Waals surface area contributed by atoms with Gasteiger partial charge in [-0.25, -0.2) is 13.1 Å². The molecule has 1 aliphatic heterocycles. The summed E-state index contributed by atoms with van der Waals surface area (Å²) in [5.74, 6) is 0.252. The predicted molar refractivity (Wildman–Crippen MR) is 91.3 cm³/mol. The summed E-state index contributed by atoms with van der Waals surface area (Å²) in [5, 5.41) is 12.1. The SMILES string of the molecule is CCNC(=S)N/N=C\c1c(C)nn([C@@H]2CCS(=O)(=O)C2)c1Cl. The lowest BCUT2D eigenvalue weighted by molar-refractivity contribution is 0.497. The smallest absolute Gasteiger partial charge is 0.186 e. The van der Waals surface area contributed by atoms with Gasteiger partial charge in [0.25, 0.3) is 0 Å². The molecule has 0 amide bonds. The van der Waals surface area contributed by atoms with E-state index in [2.05, 4.69) is 20.9 Å². The molecule has 0 aromatic carbocycles. The number of nitrogens with one attached hydrogen (secondary N) is 2. The number of nitrogens with zero attached hydrogens (tertiary/aromatic N) is 3. The average molecular weight is 364 g/mol. The molecule has 2 heterocycles. The third-order valence-electron chi connectivity index (χ3n) is 3.32. The van der Waals surface area contributed by atoms with E-state index in [1.54, 1.807) is 11.6 Å². The fraction of sp³-hybridized carbons (Fsp3) is 0.583. The molecule has 2 N–H and O–H groups in total. The van der Waals surface area contributed by atoms with E-state index in [9.17, 15) is 8.42 Å². The van der Waals surface area contributed by atoms with Crippen molar-refractivity contribution in [3.8, 4) is 0 Å². The maximum absolute atomic E-state index is 11.6. The first kappa shape index (κ1) is 17.2. The van der Waals surface area contributed by atoms with E-state index in [1.165, 1.54) is 6.21 Å². The van der Waals surface area contributed by atoms with Crippen molar-refractivity contribution in [2.45, 2.75) is 26.3 Å². The number of halogens is 1. The zero-order chi connectivity index (χ0) is 16.3. The van der Waals surface area contributed by atoms with Gasteiger partial charge < -0.3 is 5.32 Å².